The van der Waals surface area contributed by atoms with E-state index in [9.17, 15) is 0 Å². The average Bonchev–Trinajstić information content (AvgIpc) is 3.93. The molecule has 4 nitrogen and oxygen atoms in total. The Morgan fingerprint density at radius 3 is 1.28 bits per heavy atom. The molecule has 0 radical (unpaired) electrons. The van der Waals surface area contributed by atoms with Gasteiger partial charge in [0.25, 0.3) is 0 Å². The second-order valence-electron chi connectivity index (χ2n) is 14.8. The number of hydrogen-bond donors (Lipinski definition) is 0. The standard InChI is InChI=1S/C53H33N3O/c1-4-11-34(12-5-1)36-18-23-47-42(29-36)44-31-38(20-25-48(44)55(47)40-15-8-3-9-16-40)39-21-26-50-45(32-39)43-30-37(35-13-6-2-7-14-35)19-24-49(43)56(50)41-22-27-51-46(33-41)53-52(57-51)17-10-28-54-53/h1-33H. The third-order valence-electron chi connectivity index (χ3n) is 11.6. The normalized spacial score (nSPS) is 11.9. The van der Waals surface area contributed by atoms with Gasteiger partial charge in [0.05, 0.1) is 22.1 Å². The van der Waals surface area contributed by atoms with Gasteiger partial charge in [-0.05, 0) is 124 Å². The molecule has 57 heavy (non-hydrogen) atoms. The lowest BCUT2D eigenvalue weighted by molar-refractivity contribution is 0.668. The molecule has 0 amide bonds. The summed E-state index contributed by atoms with van der Waals surface area (Å²) in [5.74, 6) is 0. The molecule has 266 valence electrons. The lowest BCUT2D eigenvalue weighted by Crippen LogP contribution is -1.94. The smallest absolute Gasteiger partial charge is 0.153 e. The van der Waals surface area contributed by atoms with E-state index in [0.717, 1.165) is 44.5 Å². The predicted octanol–water partition coefficient (Wildman–Crippen LogP) is 14.2. The first-order valence-corrected chi connectivity index (χ1v) is 19.4. The highest BCUT2D eigenvalue weighted by Crippen LogP contribution is 2.41. The van der Waals surface area contributed by atoms with E-state index < -0.39 is 0 Å². The summed E-state index contributed by atoms with van der Waals surface area (Å²) >= 11 is 0. The molecule has 8 aromatic carbocycles. The highest BCUT2D eigenvalue weighted by Gasteiger charge is 2.19. The Morgan fingerprint density at radius 2 is 0.772 bits per heavy atom. The molecule has 0 aliphatic rings. The SMILES string of the molecule is c1ccc(-c2ccc3c(c2)c2cc(-c4ccc5c(c4)c4cc(-c6ccccc6)ccc4n5-c4ccc5oc6cccnc6c5c4)ccc2n3-c2ccccc2)cc1. The molecule has 0 saturated heterocycles. The minimum absolute atomic E-state index is 0.796. The van der Waals surface area contributed by atoms with Crippen LogP contribution in [0.4, 0.5) is 0 Å². The van der Waals surface area contributed by atoms with E-state index in [2.05, 4.69) is 196 Å². The van der Waals surface area contributed by atoms with Crippen molar-refractivity contribution in [3.8, 4) is 44.8 Å². The van der Waals surface area contributed by atoms with Crippen molar-refractivity contribution in [2.75, 3.05) is 0 Å². The third kappa shape index (κ3) is 4.98. The van der Waals surface area contributed by atoms with Gasteiger partial charge in [0.1, 0.15) is 11.1 Å². The number of para-hydroxylation sites is 1. The summed E-state index contributed by atoms with van der Waals surface area (Å²) in [7, 11) is 0. The maximum absolute atomic E-state index is 6.17. The molecule has 0 saturated carbocycles. The Hall–Kier alpha value is -7.69. The van der Waals surface area contributed by atoms with Crippen LogP contribution in [0.3, 0.4) is 0 Å². The van der Waals surface area contributed by atoms with Gasteiger partial charge >= 0.3 is 0 Å². The summed E-state index contributed by atoms with van der Waals surface area (Å²) in [4.78, 5) is 4.68. The molecular weight excluding hydrogens is 695 g/mol. The van der Waals surface area contributed by atoms with Crippen molar-refractivity contribution in [2.45, 2.75) is 0 Å². The lowest BCUT2D eigenvalue weighted by Gasteiger charge is -2.10. The number of hydrogen-bond acceptors (Lipinski definition) is 2. The van der Waals surface area contributed by atoms with Gasteiger partial charge in [-0.1, -0.05) is 103 Å². The van der Waals surface area contributed by atoms with Crippen LogP contribution < -0.4 is 0 Å². The maximum Gasteiger partial charge on any atom is 0.153 e. The fourth-order valence-corrected chi connectivity index (χ4v) is 8.88. The second kappa shape index (κ2) is 12.4. The van der Waals surface area contributed by atoms with Crippen LogP contribution >= 0.6 is 0 Å². The Morgan fingerprint density at radius 1 is 0.316 bits per heavy atom. The van der Waals surface area contributed by atoms with Crippen molar-refractivity contribution in [3.63, 3.8) is 0 Å². The van der Waals surface area contributed by atoms with Crippen LogP contribution in [-0.2, 0) is 0 Å². The van der Waals surface area contributed by atoms with Crippen LogP contribution in [0.2, 0.25) is 0 Å². The third-order valence-corrected chi connectivity index (χ3v) is 11.6. The van der Waals surface area contributed by atoms with E-state index >= 15 is 0 Å². The summed E-state index contributed by atoms with van der Waals surface area (Å²) in [6, 6.07) is 69.9. The van der Waals surface area contributed by atoms with Crippen molar-refractivity contribution in [1.82, 2.24) is 14.1 Å². The molecule has 0 unspecified atom stereocenters. The van der Waals surface area contributed by atoms with Gasteiger partial charge in [0.15, 0.2) is 5.58 Å². The van der Waals surface area contributed by atoms with Gasteiger partial charge in [-0.15, -0.1) is 0 Å². The Kier molecular flexibility index (Phi) is 6.89. The molecular formula is C53H33N3O. The van der Waals surface area contributed by atoms with Crippen molar-refractivity contribution >= 4 is 65.7 Å². The number of benzene rings is 8. The van der Waals surface area contributed by atoms with Gasteiger partial charge in [0.2, 0.25) is 0 Å². The molecule has 4 heteroatoms. The molecule has 0 atom stereocenters. The van der Waals surface area contributed by atoms with E-state index in [1.165, 1.54) is 66.0 Å². The number of furan rings is 1. The fraction of sp³-hybridized carbons (Fsp3) is 0. The van der Waals surface area contributed by atoms with Gasteiger partial charge in [-0.25, -0.2) is 0 Å². The quantitative estimate of drug-likeness (QED) is 0.177. The van der Waals surface area contributed by atoms with Crippen molar-refractivity contribution in [2.24, 2.45) is 0 Å². The predicted molar refractivity (Wildman–Crippen MR) is 237 cm³/mol. The molecule has 0 spiro atoms. The lowest BCUT2D eigenvalue weighted by atomic mass is 9.98. The molecule has 12 aromatic rings. The topological polar surface area (TPSA) is 35.9 Å². The minimum Gasteiger partial charge on any atom is -0.454 e. The van der Waals surface area contributed by atoms with Gasteiger partial charge in [0, 0.05) is 44.5 Å². The number of aromatic nitrogens is 3. The van der Waals surface area contributed by atoms with E-state index in [-0.39, 0.29) is 0 Å². The average molecular weight is 728 g/mol. The summed E-state index contributed by atoms with van der Waals surface area (Å²) < 4.78 is 10.9. The van der Waals surface area contributed by atoms with Crippen LogP contribution in [-0.4, -0.2) is 14.1 Å². The maximum atomic E-state index is 6.17. The van der Waals surface area contributed by atoms with E-state index in [1.807, 2.05) is 18.3 Å². The first-order valence-electron chi connectivity index (χ1n) is 19.4. The van der Waals surface area contributed by atoms with Crippen molar-refractivity contribution in [3.05, 3.63) is 200 Å². The largest absolute Gasteiger partial charge is 0.454 e. The number of pyridine rings is 1. The molecule has 0 bridgehead atoms. The summed E-state index contributed by atoms with van der Waals surface area (Å²) in [5.41, 5.74) is 16.6. The monoisotopic (exact) mass is 727 g/mol. The minimum atomic E-state index is 0.796. The first kappa shape index (κ1) is 31.6. The summed E-state index contributed by atoms with van der Waals surface area (Å²) in [6.45, 7) is 0. The molecule has 0 N–H and O–H groups in total. The zero-order valence-electron chi connectivity index (χ0n) is 30.8. The molecule has 4 aromatic heterocycles. The van der Waals surface area contributed by atoms with Gasteiger partial charge in [-0.2, -0.15) is 0 Å². The Labute approximate surface area is 328 Å². The zero-order chi connectivity index (χ0) is 37.5. The van der Waals surface area contributed by atoms with E-state index in [1.54, 1.807) is 0 Å². The van der Waals surface area contributed by atoms with Crippen molar-refractivity contribution in [1.29, 1.82) is 0 Å². The highest BCUT2D eigenvalue weighted by molar-refractivity contribution is 6.14. The molecule has 12 rings (SSSR count). The molecule has 4 heterocycles. The fourth-order valence-electron chi connectivity index (χ4n) is 8.88. The van der Waals surface area contributed by atoms with Crippen LogP contribution in [0, 0.1) is 0 Å². The zero-order valence-corrected chi connectivity index (χ0v) is 30.8. The Balaban J connectivity index is 1.08. The molecule has 0 fully saturated rings. The van der Waals surface area contributed by atoms with Gasteiger partial charge in [-0.3, -0.25) is 4.98 Å². The summed E-state index contributed by atoms with van der Waals surface area (Å²) in [6.07, 6.45) is 1.83. The second-order valence-corrected chi connectivity index (χ2v) is 14.8. The van der Waals surface area contributed by atoms with Crippen LogP contribution in [0.25, 0.3) is 110 Å². The molecule has 0 aliphatic heterocycles. The first-order chi connectivity index (χ1) is 28.2. The van der Waals surface area contributed by atoms with Gasteiger partial charge < -0.3 is 13.6 Å². The number of fused-ring (bicyclic) bond motifs is 9. The van der Waals surface area contributed by atoms with Crippen LogP contribution in [0.15, 0.2) is 205 Å². The summed E-state index contributed by atoms with van der Waals surface area (Å²) in [5, 5.41) is 5.88. The van der Waals surface area contributed by atoms with E-state index in [4.69, 9.17) is 4.42 Å². The van der Waals surface area contributed by atoms with Crippen LogP contribution in [0.1, 0.15) is 0 Å². The number of rotatable bonds is 5. The highest BCUT2D eigenvalue weighted by atomic mass is 16.3. The van der Waals surface area contributed by atoms with Crippen molar-refractivity contribution < 1.29 is 4.42 Å². The van der Waals surface area contributed by atoms with E-state index in [0.29, 0.717) is 0 Å². The Bertz CT molecular complexity index is 3500. The number of nitrogens with zero attached hydrogens (tertiary/aromatic N) is 3. The molecule has 0 aliphatic carbocycles. The van der Waals surface area contributed by atoms with Crippen LogP contribution in [0.5, 0.6) is 0 Å².